The topological polar surface area (TPSA) is 55.1 Å². The van der Waals surface area contributed by atoms with Crippen molar-refractivity contribution in [1.82, 2.24) is 5.16 Å². The first-order valence-electron chi connectivity index (χ1n) is 7.19. The normalized spacial score (nSPS) is 10.5. The van der Waals surface area contributed by atoms with E-state index in [1.54, 1.807) is 19.1 Å². The van der Waals surface area contributed by atoms with E-state index in [1.165, 1.54) is 12.1 Å². The summed E-state index contributed by atoms with van der Waals surface area (Å²) in [6.07, 6.45) is 0.152. The maximum Gasteiger partial charge on any atom is 0.228 e. The number of anilines is 1. The summed E-state index contributed by atoms with van der Waals surface area (Å²) in [7, 11) is 0. The second kappa shape index (κ2) is 6.44. The van der Waals surface area contributed by atoms with Crippen LogP contribution in [0.2, 0.25) is 0 Å². The predicted molar refractivity (Wildman–Crippen MR) is 85.4 cm³/mol. The van der Waals surface area contributed by atoms with Crippen molar-refractivity contribution < 1.29 is 13.7 Å². The smallest absolute Gasteiger partial charge is 0.228 e. The molecule has 0 saturated carbocycles. The highest BCUT2D eigenvalue weighted by atomic mass is 19.1. The van der Waals surface area contributed by atoms with E-state index in [0.717, 1.165) is 11.1 Å². The van der Waals surface area contributed by atoms with Crippen molar-refractivity contribution in [1.29, 1.82) is 0 Å². The minimum Gasteiger partial charge on any atom is -0.359 e. The Morgan fingerprint density at radius 3 is 2.52 bits per heavy atom. The lowest BCUT2D eigenvalue weighted by Crippen LogP contribution is -2.15. The molecule has 1 N–H and O–H groups in total. The molecule has 0 unspecified atom stereocenters. The molecule has 0 aliphatic heterocycles. The second-order valence-electron chi connectivity index (χ2n) is 5.18. The van der Waals surface area contributed by atoms with E-state index in [9.17, 15) is 9.18 Å². The number of nitrogens with one attached hydrogen (secondary N) is 1. The first-order chi connectivity index (χ1) is 11.1. The van der Waals surface area contributed by atoms with Gasteiger partial charge in [-0.15, -0.1) is 0 Å². The Morgan fingerprint density at radius 2 is 1.83 bits per heavy atom. The Balaban J connectivity index is 1.79. The molecule has 0 fully saturated rings. The number of aryl methyl sites for hydroxylation is 1. The van der Waals surface area contributed by atoms with E-state index in [-0.39, 0.29) is 18.1 Å². The molecule has 2 aromatic carbocycles. The lowest BCUT2D eigenvalue weighted by atomic mass is 10.1. The van der Waals surface area contributed by atoms with Crippen LogP contribution in [0.4, 0.5) is 10.1 Å². The maximum absolute atomic E-state index is 12.9. The highest BCUT2D eigenvalue weighted by Crippen LogP contribution is 2.29. The molecule has 0 atom stereocenters. The fourth-order valence-electron chi connectivity index (χ4n) is 2.28. The van der Waals surface area contributed by atoms with E-state index in [1.807, 2.05) is 30.3 Å². The minimum atomic E-state index is -0.324. The number of carbonyl (C=O) groups is 1. The summed E-state index contributed by atoms with van der Waals surface area (Å²) in [5.41, 5.74) is 2.75. The van der Waals surface area contributed by atoms with Gasteiger partial charge >= 0.3 is 0 Å². The zero-order chi connectivity index (χ0) is 16.2. The molecule has 0 radical (unpaired) electrons. The fraction of sp³-hybridized carbons (Fsp3) is 0.111. The Labute approximate surface area is 132 Å². The molecule has 23 heavy (non-hydrogen) atoms. The van der Waals surface area contributed by atoms with Crippen LogP contribution in [-0.2, 0) is 11.2 Å². The van der Waals surface area contributed by atoms with Gasteiger partial charge in [0, 0.05) is 5.56 Å². The average Bonchev–Trinajstić information content (AvgIpc) is 2.91. The number of hydrogen-bond acceptors (Lipinski definition) is 3. The Morgan fingerprint density at radius 1 is 1.13 bits per heavy atom. The third-order valence-electron chi connectivity index (χ3n) is 3.45. The monoisotopic (exact) mass is 310 g/mol. The number of rotatable bonds is 4. The number of benzene rings is 2. The molecular formula is C18H15FN2O2. The van der Waals surface area contributed by atoms with E-state index in [4.69, 9.17) is 4.52 Å². The second-order valence-corrected chi connectivity index (χ2v) is 5.18. The van der Waals surface area contributed by atoms with Crippen molar-refractivity contribution in [2.24, 2.45) is 0 Å². The van der Waals surface area contributed by atoms with Gasteiger partial charge in [0.25, 0.3) is 0 Å². The van der Waals surface area contributed by atoms with Gasteiger partial charge < -0.3 is 9.84 Å². The molecule has 4 nitrogen and oxygen atoms in total. The first-order valence-corrected chi connectivity index (χ1v) is 7.19. The van der Waals surface area contributed by atoms with E-state index in [0.29, 0.717) is 17.1 Å². The van der Waals surface area contributed by atoms with E-state index < -0.39 is 0 Å². The van der Waals surface area contributed by atoms with Crippen molar-refractivity contribution in [3.05, 3.63) is 71.7 Å². The van der Waals surface area contributed by atoms with Crippen molar-refractivity contribution in [3.63, 3.8) is 0 Å². The molecule has 0 spiro atoms. The van der Waals surface area contributed by atoms with Crippen molar-refractivity contribution in [2.75, 3.05) is 5.32 Å². The molecular weight excluding hydrogens is 295 g/mol. The average molecular weight is 310 g/mol. The summed E-state index contributed by atoms with van der Waals surface area (Å²) >= 11 is 0. The molecule has 0 bridgehead atoms. The third kappa shape index (κ3) is 3.45. The standard InChI is InChI=1S/C18H15FN2O2/c1-12-17(18(21-23-12)14-5-3-2-4-6-14)20-16(22)11-13-7-9-15(19)10-8-13/h2-10H,11H2,1H3,(H,20,22). The van der Waals surface area contributed by atoms with Crippen molar-refractivity contribution >= 4 is 11.6 Å². The van der Waals surface area contributed by atoms with Crippen molar-refractivity contribution in [2.45, 2.75) is 13.3 Å². The predicted octanol–water partition coefficient (Wildman–Crippen LogP) is 3.97. The molecule has 5 heteroatoms. The summed E-state index contributed by atoms with van der Waals surface area (Å²) in [6.45, 7) is 1.74. The number of amides is 1. The maximum atomic E-state index is 12.9. The zero-order valence-corrected chi connectivity index (χ0v) is 12.5. The van der Waals surface area contributed by atoms with Crippen molar-refractivity contribution in [3.8, 4) is 11.3 Å². The fourth-order valence-corrected chi connectivity index (χ4v) is 2.28. The minimum absolute atomic E-state index is 0.152. The highest BCUT2D eigenvalue weighted by Gasteiger charge is 2.17. The van der Waals surface area contributed by atoms with Gasteiger partial charge in [0.05, 0.1) is 6.42 Å². The largest absolute Gasteiger partial charge is 0.359 e. The van der Waals surface area contributed by atoms with Crippen LogP contribution >= 0.6 is 0 Å². The zero-order valence-electron chi connectivity index (χ0n) is 12.5. The Bertz CT molecular complexity index is 811. The molecule has 3 rings (SSSR count). The molecule has 1 aromatic heterocycles. The van der Waals surface area contributed by atoms with Crippen LogP contribution in [0.15, 0.2) is 59.1 Å². The van der Waals surface area contributed by atoms with Gasteiger partial charge in [0.2, 0.25) is 5.91 Å². The van der Waals surface area contributed by atoms with Gasteiger partial charge in [0.15, 0.2) is 5.76 Å². The molecule has 0 saturated heterocycles. The summed E-state index contributed by atoms with van der Waals surface area (Å²) < 4.78 is 18.1. The highest BCUT2D eigenvalue weighted by molar-refractivity contribution is 5.96. The number of hydrogen-bond donors (Lipinski definition) is 1. The van der Waals surface area contributed by atoms with Gasteiger partial charge in [-0.05, 0) is 24.6 Å². The number of halogens is 1. The molecule has 116 valence electrons. The molecule has 0 aliphatic rings. The van der Waals surface area contributed by atoms with E-state index >= 15 is 0 Å². The lowest BCUT2D eigenvalue weighted by molar-refractivity contribution is -0.115. The van der Waals surface area contributed by atoms with Gasteiger partial charge in [-0.1, -0.05) is 47.6 Å². The third-order valence-corrected chi connectivity index (χ3v) is 3.45. The van der Waals surface area contributed by atoms with Crippen LogP contribution in [0, 0.1) is 12.7 Å². The summed E-state index contributed by atoms with van der Waals surface area (Å²) in [5.74, 6) is 0.00630. The van der Waals surface area contributed by atoms with Gasteiger partial charge in [0.1, 0.15) is 17.2 Å². The number of nitrogens with zero attached hydrogens (tertiary/aromatic N) is 1. The van der Waals surface area contributed by atoms with Crippen LogP contribution in [0.3, 0.4) is 0 Å². The molecule has 3 aromatic rings. The summed E-state index contributed by atoms with van der Waals surface area (Å²) in [6, 6.07) is 15.3. The van der Waals surface area contributed by atoms with Crippen LogP contribution < -0.4 is 5.32 Å². The first kappa shape index (κ1) is 15.0. The molecule has 1 amide bonds. The summed E-state index contributed by atoms with van der Waals surface area (Å²) in [4.78, 5) is 12.2. The number of carbonyl (C=O) groups excluding carboxylic acids is 1. The SMILES string of the molecule is Cc1onc(-c2ccccc2)c1NC(=O)Cc1ccc(F)cc1. The van der Waals surface area contributed by atoms with Gasteiger partial charge in [-0.3, -0.25) is 4.79 Å². The quantitative estimate of drug-likeness (QED) is 0.793. The van der Waals surface area contributed by atoms with Gasteiger partial charge in [-0.2, -0.15) is 0 Å². The molecule has 0 aliphatic carbocycles. The Hall–Kier alpha value is -2.95. The van der Waals surface area contributed by atoms with Crippen LogP contribution in [-0.4, -0.2) is 11.1 Å². The summed E-state index contributed by atoms with van der Waals surface area (Å²) in [5, 5.41) is 6.85. The van der Waals surface area contributed by atoms with E-state index in [2.05, 4.69) is 10.5 Å². The Kier molecular flexibility index (Phi) is 4.19. The lowest BCUT2D eigenvalue weighted by Gasteiger charge is -2.06. The molecule has 1 heterocycles. The van der Waals surface area contributed by atoms with Gasteiger partial charge in [-0.25, -0.2) is 4.39 Å². The van der Waals surface area contributed by atoms with Crippen LogP contribution in [0.25, 0.3) is 11.3 Å². The number of aromatic nitrogens is 1. The van der Waals surface area contributed by atoms with Crippen LogP contribution in [0.5, 0.6) is 0 Å². The van der Waals surface area contributed by atoms with Crippen LogP contribution in [0.1, 0.15) is 11.3 Å².